The predicted octanol–water partition coefficient (Wildman–Crippen LogP) is 2.71. The molecule has 25 heavy (non-hydrogen) atoms. The Hall–Kier alpha value is -2.54. The number of anilines is 1. The molecule has 1 aliphatic rings. The molecule has 0 bridgehead atoms. The van der Waals surface area contributed by atoms with Gasteiger partial charge in [0.2, 0.25) is 0 Å². The Labute approximate surface area is 146 Å². The summed E-state index contributed by atoms with van der Waals surface area (Å²) in [6, 6.07) is 9.54. The lowest BCUT2D eigenvalue weighted by Gasteiger charge is -2.21. The van der Waals surface area contributed by atoms with Crippen LogP contribution in [0.15, 0.2) is 41.3 Å². The van der Waals surface area contributed by atoms with Gasteiger partial charge >= 0.3 is 5.97 Å². The van der Waals surface area contributed by atoms with E-state index in [-0.39, 0.29) is 10.5 Å². The van der Waals surface area contributed by atoms with Gasteiger partial charge in [-0.1, -0.05) is 13.0 Å². The van der Waals surface area contributed by atoms with Gasteiger partial charge in [0, 0.05) is 6.54 Å². The predicted molar refractivity (Wildman–Crippen MR) is 94.0 cm³/mol. The number of fused-ring (bicyclic) bond motifs is 1. The maximum atomic E-state index is 13.2. The van der Waals surface area contributed by atoms with Crippen LogP contribution in [0.2, 0.25) is 0 Å². The number of carboxylic acid groups (broad SMARTS) is 1. The molecule has 0 spiro atoms. The summed E-state index contributed by atoms with van der Waals surface area (Å²) in [6.45, 7) is 2.17. The minimum Gasteiger partial charge on any atom is -0.497 e. The number of ether oxygens (including phenoxy) is 1. The Morgan fingerprint density at radius 1 is 1.24 bits per heavy atom. The van der Waals surface area contributed by atoms with Crippen molar-refractivity contribution in [2.24, 2.45) is 0 Å². The van der Waals surface area contributed by atoms with Crippen molar-refractivity contribution in [3.8, 4) is 5.75 Å². The smallest absolute Gasteiger partial charge is 0.335 e. The summed E-state index contributed by atoms with van der Waals surface area (Å²) in [5.74, 6) is -0.467. The lowest BCUT2D eigenvalue weighted by molar-refractivity contribution is 0.0696. The van der Waals surface area contributed by atoms with Gasteiger partial charge in [0.15, 0.2) is 0 Å². The lowest BCUT2D eigenvalue weighted by Crippen LogP contribution is -2.30. The van der Waals surface area contributed by atoms with E-state index in [0.717, 1.165) is 5.56 Å². The fourth-order valence-corrected chi connectivity index (χ4v) is 4.89. The minimum absolute atomic E-state index is 0.0371. The van der Waals surface area contributed by atoms with Crippen LogP contribution in [0.1, 0.15) is 28.4 Å². The highest BCUT2D eigenvalue weighted by molar-refractivity contribution is 7.93. The molecule has 0 unspecified atom stereocenters. The first-order valence-electron chi connectivity index (χ1n) is 7.94. The standard InChI is InChI=1S/C18H19NO5S/c1-3-12-4-5-14(18(20)21)11-17(12)25(22,23)19-9-8-13-10-15(24-2)6-7-16(13)19/h4-7,10-11H,3,8-9H2,1-2H3,(H,20,21). The van der Waals surface area contributed by atoms with Gasteiger partial charge < -0.3 is 9.84 Å². The summed E-state index contributed by atoms with van der Waals surface area (Å²) >= 11 is 0. The number of aromatic carboxylic acids is 1. The molecule has 132 valence electrons. The first kappa shape index (κ1) is 17.3. The maximum absolute atomic E-state index is 13.2. The second-order valence-electron chi connectivity index (χ2n) is 5.80. The number of sulfonamides is 1. The van der Waals surface area contributed by atoms with Crippen molar-refractivity contribution in [3.05, 3.63) is 53.1 Å². The third-order valence-electron chi connectivity index (χ3n) is 4.40. The second kappa shape index (κ2) is 6.40. The normalized spacial score (nSPS) is 13.6. The van der Waals surface area contributed by atoms with Crippen LogP contribution in [-0.2, 0) is 22.9 Å². The van der Waals surface area contributed by atoms with Gasteiger partial charge in [-0.15, -0.1) is 0 Å². The van der Waals surface area contributed by atoms with Crippen LogP contribution in [0, 0.1) is 0 Å². The van der Waals surface area contributed by atoms with Gasteiger partial charge in [-0.2, -0.15) is 0 Å². The zero-order valence-electron chi connectivity index (χ0n) is 14.0. The molecule has 2 aromatic carbocycles. The van der Waals surface area contributed by atoms with Crippen molar-refractivity contribution in [2.45, 2.75) is 24.7 Å². The molecule has 6 nitrogen and oxygen atoms in total. The summed E-state index contributed by atoms with van der Waals surface area (Å²) in [5.41, 5.74) is 2.08. The van der Waals surface area contributed by atoms with Crippen molar-refractivity contribution >= 4 is 21.7 Å². The third-order valence-corrected chi connectivity index (χ3v) is 6.30. The average molecular weight is 361 g/mol. The lowest BCUT2D eigenvalue weighted by atomic mass is 10.1. The Morgan fingerprint density at radius 3 is 2.64 bits per heavy atom. The number of carbonyl (C=O) groups is 1. The molecular weight excluding hydrogens is 342 g/mol. The maximum Gasteiger partial charge on any atom is 0.335 e. The molecule has 1 heterocycles. The SMILES string of the molecule is CCc1ccc(C(=O)O)cc1S(=O)(=O)N1CCc2cc(OC)ccc21. The molecule has 0 saturated carbocycles. The van der Waals surface area contributed by atoms with Gasteiger partial charge in [-0.25, -0.2) is 13.2 Å². The molecule has 2 aromatic rings. The number of carboxylic acids is 1. The van der Waals surface area contributed by atoms with E-state index < -0.39 is 16.0 Å². The van der Waals surface area contributed by atoms with Crippen LogP contribution < -0.4 is 9.04 Å². The first-order chi connectivity index (χ1) is 11.9. The number of aryl methyl sites for hydroxylation is 1. The molecule has 0 radical (unpaired) electrons. The van der Waals surface area contributed by atoms with E-state index in [1.165, 1.54) is 16.4 Å². The molecule has 1 N–H and O–H groups in total. The summed E-state index contributed by atoms with van der Waals surface area (Å²) in [5, 5.41) is 9.20. The molecule has 3 rings (SSSR count). The van der Waals surface area contributed by atoms with Gasteiger partial charge in [-0.3, -0.25) is 4.31 Å². The molecule has 7 heteroatoms. The van der Waals surface area contributed by atoms with E-state index >= 15 is 0 Å². The molecule has 0 fully saturated rings. The fourth-order valence-electron chi connectivity index (χ4n) is 3.06. The number of hydrogen-bond donors (Lipinski definition) is 1. The van der Waals surface area contributed by atoms with Gasteiger partial charge in [0.05, 0.1) is 23.3 Å². The average Bonchev–Trinajstić information content (AvgIpc) is 3.04. The number of benzene rings is 2. The Balaban J connectivity index is 2.10. The van der Waals surface area contributed by atoms with E-state index in [1.807, 2.05) is 13.0 Å². The van der Waals surface area contributed by atoms with Crippen molar-refractivity contribution in [3.63, 3.8) is 0 Å². The van der Waals surface area contributed by atoms with Gasteiger partial charge in [0.25, 0.3) is 10.0 Å². The third kappa shape index (κ3) is 2.95. The highest BCUT2D eigenvalue weighted by Crippen LogP contribution is 2.36. The van der Waals surface area contributed by atoms with Crippen LogP contribution in [0.5, 0.6) is 5.75 Å². The number of methoxy groups -OCH3 is 1. The molecule has 0 aromatic heterocycles. The Kier molecular flexibility index (Phi) is 4.43. The van der Waals surface area contributed by atoms with E-state index in [2.05, 4.69) is 0 Å². The number of hydrogen-bond acceptors (Lipinski definition) is 4. The minimum atomic E-state index is -3.84. The van der Waals surface area contributed by atoms with Crippen molar-refractivity contribution in [1.82, 2.24) is 0 Å². The second-order valence-corrected chi connectivity index (χ2v) is 7.63. The zero-order valence-corrected chi connectivity index (χ0v) is 14.8. The molecule has 0 saturated heterocycles. The number of rotatable bonds is 5. The van der Waals surface area contributed by atoms with Gasteiger partial charge in [-0.05, 0) is 54.3 Å². The largest absolute Gasteiger partial charge is 0.497 e. The van der Waals surface area contributed by atoms with Crippen LogP contribution in [0.4, 0.5) is 5.69 Å². The quantitative estimate of drug-likeness (QED) is 0.885. The summed E-state index contributed by atoms with van der Waals surface area (Å²) in [7, 11) is -2.28. The fraction of sp³-hybridized carbons (Fsp3) is 0.278. The van der Waals surface area contributed by atoms with Gasteiger partial charge in [0.1, 0.15) is 5.75 Å². The van der Waals surface area contributed by atoms with Crippen molar-refractivity contribution in [2.75, 3.05) is 18.0 Å². The van der Waals surface area contributed by atoms with Crippen LogP contribution >= 0.6 is 0 Å². The molecule has 0 atom stereocenters. The number of nitrogens with zero attached hydrogens (tertiary/aromatic N) is 1. The molecule has 1 aliphatic heterocycles. The Morgan fingerprint density at radius 2 is 2.00 bits per heavy atom. The molecule has 0 aliphatic carbocycles. The molecular formula is C18H19NO5S. The van der Waals surface area contributed by atoms with Crippen molar-refractivity contribution in [1.29, 1.82) is 0 Å². The van der Waals surface area contributed by atoms with E-state index in [4.69, 9.17) is 4.74 Å². The summed E-state index contributed by atoms with van der Waals surface area (Å²) < 4.78 is 33.0. The van der Waals surface area contributed by atoms with Crippen molar-refractivity contribution < 1.29 is 23.1 Å². The monoisotopic (exact) mass is 361 g/mol. The van der Waals surface area contributed by atoms with Crippen LogP contribution in [-0.4, -0.2) is 33.1 Å². The van der Waals surface area contributed by atoms with E-state index in [9.17, 15) is 18.3 Å². The highest BCUT2D eigenvalue weighted by atomic mass is 32.2. The first-order valence-corrected chi connectivity index (χ1v) is 9.38. The highest BCUT2D eigenvalue weighted by Gasteiger charge is 2.32. The van der Waals surface area contributed by atoms with Crippen LogP contribution in [0.25, 0.3) is 0 Å². The zero-order chi connectivity index (χ0) is 18.2. The van der Waals surface area contributed by atoms with Crippen LogP contribution in [0.3, 0.4) is 0 Å². The summed E-state index contributed by atoms with van der Waals surface area (Å²) in [4.78, 5) is 11.3. The van der Waals surface area contributed by atoms with E-state index in [0.29, 0.717) is 36.4 Å². The molecule has 0 amide bonds. The Bertz CT molecular complexity index is 936. The topological polar surface area (TPSA) is 83.9 Å². The van der Waals surface area contributed by atoms with E-state index in [1.54, 1.807) is 25.3 Å². The summed E-state index contributed by atoms with van der Waals surface area (Å²) in [6.07, 6.45) is 1.09.